The lowest BCUT2D eigenvalue weighted by Crippen LogP contribution is -2.58. The van der Waals surface area contributed by atoms with Crippen LogP contribution in [0.1, 0.15) is 55.7 Å². The van der Waals surface area contributed by atoms with Crippen molar-refractivity contribution in [3.63, 3.8) is 0 Å². The van der Waals surface area contributed by atoms with Gasteiger partial charge in [-0.2, -0.15) is 5.10 Å². The van der Waals surface area contributed by atoms with E-state index in [9.17, 15) is 9.50 Å². The summed E-state index contributed by atoms with van der Waals surface area (Å²) in [4.78, 5) is 9.77. The molecule has 0 spiro atoms. The molecule has 1 aliphatic carbocycles. The van der Waals surface area contributed by atoms with Crippen LogP contribution in [0.15, 0.2) is 30.3 Å². The molecule has 6 rings (SSSR count). The van der Waals surface area contributed by atoms with Gasteiger partial charge in [0.1, 0.15) is 11.5 Å². The minimum Gasteiger partial charge on any atom is -0.379 e. The number of anilines is 1. The molecule has 9 heteroatoms. The van der Waals surface area contributed by atoms with Crippen molar-refractivity contribution in [2.45, 2.75) is 56.5 Å². The normalized spacial score (nSPS) is 21.1. The van der Waals surface area contributed by atoms with Crippen molar-refractivity contribution in [2.75, 3.05) is 45.3 Å². The second kappa shape index (κ2) is 9.70. The average Bonchev–Trinajstić information content (AvgIpc) is 3.21. The van der Waals surface area contributed by atoms with E-state index in [0.717, 1.165) is 74.3 Å². The van der Waals surface area contributed by atoms with E-state index in [4.69, 9.17) is 19.6 Å². The third kappa shape index (κ3) is 4.18. The van der Waals surface area contributed by atoms with Crippen LogP contribution in [0.25, 0.3) is 16.7 Å². The Balaban J connectivity index is 1.41. The zero-order chi connectivity index (χ0) is 24.8. The van der Waals surface area contributed by atoms with Crippen LogP contribution in [0.3, 0.4) is 0 Å². The lowest BCUT2D eigenvalue weighted by Gasteiger charge is -2.47. The van der Waals surface area contributed by atoms with Crippen LogP contribution in [-0.2, 0) is 9.47 Å². The monoisotopic (exact) mass is 495 g/mol. The Kier molecular flexibility index (Phi) is 6.41. The number of aliphatic hydroxyl groups excluding tert-OH is 1. The van der Waals surface area contributed by atoms with Gasteiger partial charge in [0.25, 0.3) is 0 Å². The molecule has 0 amide bonds. The summed E-state index contributed by atoms with van der Waals surface area (Å²) >= 11 is 0. The predicted molar refractivity (Wildman–Crippen MR) is 135 cm³/mol. The first-order chi connectivity index (χ1) is 17.6. The number of fused-ring (bicyclic) bond motifs is 1. The van der Waals surface area contributed by atoms with Gasteiger partial charge in [0.15, 0.2) is 11.9 Å². The van der Waals surface area contributed by atoms with Crippen molar-refractivity contribution in [1.29, 1.82) is 0 Å². The number of aliphatic hydroxyl groups is 1. The van der Waals surface area contributed by atoms with E-state index in [1.807, 2.05) is 6.07 Å². The summed E-state index contributed by atoms with van der Waals surface area (Å²) in [6.45, 7) is 3.88. The number of pyridine rings is 1. The summed E-state index contributed by atoms with van der Waals surface area (Å²) in [5.74, 6) is 0.0954. The molecule has 1 atom stereocenters. The maximum Gasteiger partial charge on any atom is 0.198 e. The second-order valence-electron chi connectivity index (χ2n) is 10.3. The van der Waals surface area contributed by atoms with E-state index >= 15 is 0 Å². The van der Waals surface area contributed by atoms with Gasteiger partial charge in [0.2, 0.25) is 0 Å². The van der Waals surface area contributed by atoms with E-state index in [1.165, 1.54) is 25.7 Å². The van der Waals surface area contributed by atoms with Crippen molar-refractivity contribution in [2.24, 2.45) is 0 Å². The fourth-order valence-electron chi connectivity index (χ4n) is 5.76. The number of benzene rings is 1. The fourth-order valence-corrected chi connectivity index (χ4v) is 5.76. The van der Waals surface area contributed by atoms with Gasteiger partial charge in [0.05, 0.1) is 28.6 Å². The highest BCUT2D eigenvalue weighted by Crippen LogP contribution is 2.43. The molecule has 4 heterocycles. The summed E-state index contributed by atoms with van der Waals surface area (Å²) in [5.41, 5.74) is 3.99. The molecule has 192 valence electrons. The molecule has 3 aromatic rings. The van der Waals surface area contributed by atoms with Crippen molar-refractivity contribution >= 4 is 16.7 Å². The van der Waals surface area contributed by atoms with Gasteiger partial charge >= 0.3 is 0 Å². The van der Waals surface area contributed by atoms with Gasteiger partial charge in [-0.1, -0.05) is 6.42 Å². The number of rotatable bonds is 7. The fraction of sp³-hybridized carbons (Fsp3) is 0.556. The number of ether oxygens (including phenoxy) is 2. The van der Waals surface area contributed by atoms with Crippen molar-refractivity contribution in [1.82, 2.24) is 19.7 Å². The van der Waals surface area contributed by atoms with E-state index in [1.54, 1.807) is 23.9 Å². The van der Waals surface area contributed by atoms with Crippen molar-refractivity contribution in [3.05, 3.63) is 47.5 Å². The summed E-state index contributed by atoms with van der Waals surface area (Å²) in [7, 11) is 3.26. The molecule has 1 unspecified atom stereocenters. The molecule has 36 heavy (non-hydrogen) atoms. The molecule has 8 nitrogen and oxygen atoms in total. The lowest BCUT2D eigenvalue weighted by atomic mass is 9.82. The highest BCUT2D eigenvalue weighted by molar-refractivity contribution is 5.94. The Morgan fingerprint density at radius 1 is 1.06 bits per heavy atom. The molecule has 3 fully saturated rings. The Morgan fingerprint density at radius 3 is 2.39 bits per heavy atom. The van der Waals surface area contributed by atoms with Crippen LogP contribution in [0.4, 0.5) is 10.1 Å². The first-order valence-corrected chi connectivity index (χ1v) is 13.0. The number of halogens is 1. The zero-order valence-corrected chi connectivity index (χ0v) is 20.9. The van der Waals surface area contributed by atoms with Gasteiger partial charge in [-0.05, 0) is 56.0 Å². The zero-order valence-electron chi connectivity index (χ0n) is 20.9. The summed E-state index contributed by atoms with van der Waals surface area (Å²) in [6, 6.07) is 8.87. The maximum absolute atomic E-state index is 13.7. The quantitative estimate of drug-likeness (QED) is 0.500. The largest absolute Gasteiger partial charge is 0.379 e. The van der Waals surface area contributed by atoms with E-state index in [2.05, 4.69) is 9.80 Å². The first kappa shape index (κ1) is 23.8. The highest BCUT2D eigenvalue weighted by atomic mass is 19.1. The summed E-state index contributed by atoms with van der Waals surface area (Å²) in [5, 5.41) is 16.7. The topological polar surface area (TPSA) is 75.9 Å². The molecular formula is C27H34FN5O3. The van der Waals surface area contributed by atoms with E-state index in [0.29, 0.717) is 29.4 Å². The molecule has 1 N–H and O–H groups in total. The number of likely N-dealkylation sites (tertiary alicyclic amines) is 1. The standard InChI is InChI=1S/C27H34FN5O3/c1-35-21-15-32(16-21)19-10-12-31(13-11-19)23-14-22(27(34)36-2)29-26-24(23)25(17-4-3-5-17)30-33(26)20-8-6-18(28)7-9-20/h6-9,14,17,19,21,27,34H,3-5,10-13,15-16H2,1-2H3. The SMILES string of the molecule is COC1CN(C2CCN(c3cc(C(O)OC)nc4c3c(C3CCC3)nn4-c3ccc(F)cc3)CC2)C1. The van der Waals surface area contributed by atoms with Gasteiger partial charge in [0, 0.05) is 52.4 Å². The number of aromatic nitrogens is 3. The molecule has 0 bridgehead atoms. The molecule has 1 aromatic carbocycles. The number of hydrogen-bond donors (Lipinski definition) is 1. The number of nitrogens with zero attached hydrogens (tertiary/aromatic N) is 5. The number of piperidine rings is 1. The Labute approximate surface area is 210 Å². The highest BCUT2D eigenvalue weighted by Gasteiger charge is 2.36. The van der Waals surface area contributed by atoms with Crippen molar-refractivity contribution in [3.8, 4) is 5.69 Å². The molecule has 1 saturated carbocycles. The molecule has 3 aliphatic rings. The first-order valence-electron chi connectivity index (χ1n) is 13.0. The molecular weight excluding hydrogens is 461 g/mol. The van der Waals surface area contributed by atoms with Crippen LogP contribution in [-0.4, -0.2) is 77.3 Å². The summed E-state index contributed by atoms with van der Waals surface area (Å²) in [6.07, 6.45) is 4.79. The van der Waals surface area contributed by atoms with Gasteiger partial charge in [-0.3, -0.25) is 4.90 Å². The third-order valence-electron chi connectivity index (χ3n) is 8.23. The molecule has 2 saturated heterocycles. The van der Waals surface area contributed by atoms with Gasteiger partial charge in [-0.15, -0.1) is 0 Å². The van der Waals surface area contributed by atoms with E-state index < -0.39 is 6.29 Å². The molecule has 0 radical (unpaired) electrons. The Hall–Kier alpha value is -2.59. The average molecular weight is 496 g/mol. The molecule has 2 aromatic heterocycles. The van der Waals surface area contributed by atoms with Crippen LogP contribution < -0.4 is 4.90 Å². The third-order valence-corrected chi connectivity index (χ3v) is 8.23. The van der Waals surface area contributed by atoms with Crippen molar-refractivity contribution < 1.29 is 19.0 Å². The van der Waals surface area contributed by atoms with Crippen LogP contribution >= 0.6 is 0 Å². The smallest absolute Gasteiger partial charge is 0.198 e. The predicted octanol–water partition coefficient (Wildman–Crippen LogP) is 3.76. The second-order valence-corrected chi connectivity index (χ2v) is 10.3. The minimum atomic E-state index is -1.14. The maximum atomic E-state index is 13.7. The van der Waals surface area contributed by atoms with E-state index in [-0.39, 0.29) is 5.82 Å². The summed E-state index contributed by atoms with van der Waals surface area (Å²) < 4.78 is 26.2. The number of methoxy groups -OCH3 is 2. The lowest BCUT2D eigenvalue weighted by molar-refractivity contribution is -0.0796. The van der Waals surface area contributed by atoms with Gasteiger partial charge in [-0.25, -0.2) is 14.1 Å². The molecule has 2 aliphatic heterocycles. The van der Waals surface area contributed by atoms with Crippen LogP contribution in [0, 0.1) is 5.82 Å². The van der Waals surface area contributed by atoms with Crippen LogP contribution in [0.5, 0.6) is 0 Å². The Bertz CT molecular complexity index is 1210. The van der Waals surface area contributed by atoms with Gasteiger partial charge < -0.3 is 19.5 Å². The van der Waals surface area contributed by atoms with Crippen LogP contribution in [0.2, 0.25) is 0 Å². The number of hydrogen-bond acceptors (Lipinski definition) is 7. The minimum absolute atomic E-state index is 0.291. The Morgan fingerprint density at radius 2 is 1.78 bits per heavy atom.